The largest absolute Gasteiger partial charge is 0.374 e. The van der Waals surface area contributed by atoms with Gasteiger partial charge in [0.05, 0.1) is 6.26 Å². The Bertz CT molecular complexity index is 508. The highest BCUT2D eigenvalue weighted by atomic mass is 32.2. The van der Waals surface area contributed by atoms with Crippen LogP contribution in [0.1, 0.15) is 12.6 Å². The van der Waals surface area contributed by atoms with Gasteiger partial charge in [-0.2, -0.15) is 4.31 Å². The summed E-state index contributed by atoms with van der Waals surface area (Å²) in [5, 5.41) is 8.38. The number of rotatable bonds is 5. The molecule has 7 nitrogen and oxygen atoms in total. The molecule has 0 atom stereocenters. The van der Waals surface area contributed by atoms with E-state index in [0.29, 0.717) is 13.1 Å². The van der Waals surface area contributed by atoms with Gasteiger partial charge in [0.2, 0.25) is 10.0 Å². The maximum atomic E-state index is 11.4. The average Bonchev–Trinajstić information content (AvgIpc) is 2.77. The summed E-state index contributed by atoms with van der Waals surface area (Å²) in [5.74, 6) is 0. The second-order valence-corrected chi connectivity index (χ2v) is 7.25. The van der Waals surface area contributed by atoms with Gasteiger partial charge < -0.3 is 5.32 Å². The van der Waals surface area contributed by atoms with Gasteiger partial charge in [0.1, 0.15) is 10.7 Å². The summed E-state index contributed by atoms with van der Waals surface area (Å²) in [6, 6.07) is 0. The lowest BCUT2D eigenvalue weighted by Crippen LogP contribution is -2.47. The predicted octanol–water partition coefficient (Wildman–Crippen LogP) is 0.0471. The first-order valence-corrected chi connectivity index (χ1v) is 8.85. The highest BCUT2D eigenvalue weighted by Gasteiger charge is 2.24. The van der Waals surface area contributed by atoms with Gasteiger partial charge in [-0.25, -0.2) is 8.42 Å². The zero-order valence-electron chi connectivity index (χ0n) is 11.2. The summed E-state index contributed by atoms with van der Waals surface area (Å²) in [4.78, 5) is 2.21. The van der Waals surface area contributed by atoms with Crippen molar-refractivity contribution in [2.45, 2.75) is 13.5 Å². The molecule has 1 fully saturated rings. The number of nitrogens with zero attached hydrogens (tertiary/aromatic N) is 4. The van der Waals surface area contributed by atoms with Crippen LogP contribution in [0.15, 0.2) is 0 Å². The fourth-order valence-electron chi connectivity index (χ4n) is 2.04. The number of nitrogens with one attached hydrogen (secondary N) is 1. The van der Waals surface area contributed by atoms with Crippen LogP contribution < -0.4 is 5.32 Å². The highest BCUT2D eigenvalue weighted by Crippen LogP contribution is 2.19. The Hall–Kier alpha value is -0.770. The van der Waals surface area contributed by atoms with Gasteiger partial charge in [0, 0.05) is 50.8 Å². The minimum absolute atomic E-state index is 0.549. The van der Waals surface area contributed by atoms with Gasteiger partial charge in [-0.1, -0.05) is 4.49 Å². The Kier molecular flexibility index (Phi) is 4.71. The molecule has 1 aliphatic heterocycles. The Morgan fingerprint density at radius 1 is 1.32 bits per heavy atom. The molecule has 0 amide bonds. The van der Waals surface area contributed by atoms with Crippen molar-refractivity contribution in [3.63, 3.8) is 0 Å². The Morgan fingerprint density at radius 3 is 2.58 bits per heavy atom. The lowest BCUT2D eigenvalue weighted by Gasteiger charge is -2.32. The predicted molar refractivity (Wildman–Crippen MR) is 75.8 cm³/mol. The van der Waals surface area contributed by atoms with Crippen molar-refractivity contribution >= 4 is 26.6 Å². The normalized spacial score (nSPS) is 18.6. The number of piperazine rings is 1. The molecule has 9 heteroatoms. The average molecular weight is 305 g/mol. The number of hydrogen-bond donors (Lipinski definition) is 1. The quantitative estimate of drug-likeness (QED) is 0.828. The number of sulfonamides is 1. The molecule has 0 spiro atoms. The maximum Gasteiger partial charge on any atom is 0.211 e. The van der Waals surface area contributed by atoms with E-state index in [1.807, 2.05) is 6.92 Å². The summed E-state index contributed by atoms with van der Waals surface area (Å²) in [5.41, 5.74) is 0.944. The summed E-state index contributed by atoms with van der Waals surface area (Å²) >= 11 is 1.36. The van der Waals surface area contributed by atoms with E-state index in [0.717, 1.165) is 36.9 Å². The van der Waals surface area contributed by atoms with Crippen LogP contribution in [0.3, 0.4) is 0 Å². The zero-order valence-corrected chi connectivity index (χ0v) is 12.8. The summed E-state index contributed by atoms with van der Waals surface area (Å²) in [6.45, 7) is 6.16. The Morgan fingerprint density at radius 2 is 2.00 bits per heavy atom. The molecule has 0 unspecified atom stereocenters. The fourth-order valence-corrected chi connectivity index (χ4v) is 3.51. The Labute approximate surface area is 117 Å². The van der Waals surface area contributed by atoms with Crippen molar-refractivity contribution in [1.29, 1.82) is 0 Å². The van der Waals surface area contributed by atoms with Gasteiger partial charge in [0.25, 0.3) is 0 Å². The van der Waals surface area contributed by atoms with Gasteiger partial charge in [-0.05, 0) is 6.92 Å². The first-order valence-electron chi connectivity index (χ1n) is 6.23. The van der Waals surface area contributed by atoms with Crippen LogP contribution in [0.2, 0.25) is 0 Å². The SMILES string of the molecule is CCNc1snnc1CN1CCN(S(C)(=O)=O)CC1. The first-order chi connectivity index (χ1) is 9.00. The molecule has 1 aromatic heterocycles. The van der Waals surface area contributed by atoms with E-state index in [2.05, 4.69) is 19.8 Å². The molecule has 1 N–H and O–H groups in total. The van der Waals surface area contributed by atoms with Gasteiger partial charge in [-0.15, -0.1) is 5.10 Å². The minimum Gasteiger partial charge on any atom is -0.374 e. The lowest BCUT2D eigenvalue weighted by atomic mass is 10.3. The number of anilines is 1. The molecule has 2 heterocycles. The molecule has 0 aliphatic carbocycles. The van der Waals surface area contributed by atoms with Crippen LogP contribution in [-0.4, -0.2) is 66.2 Å². The molecule has 0 aromatic carbocycles. The molecule has 108 valence electrons. The van der Waals surface area contributed by atoms with E-state index in [4.69, 9.17) is 0 Å². The molecule has 1 aromatic rings. The van der Waals surface area contributed by atoms with Crippen molar-refractivity contribution in [1.82, 2.24) is 18.8 Å². The second kappa shape index (κ2) is 6.12. The van der Waals surface area contributed by atoms with Crippen LogP contribution in [0, 0.1) is 0 Å². The Balaban J connectivity index is 1.90. The van der Waals surface area contributed by atoms with Crippen LogP contribution in [-0.2, 0) is 16.6 Å². The van der Waals surface area contributed by atoms with Crippen LogP contribution in [0.5, 0.6) is 0 Å². The van der Waals surface area contributed by atoms with Crippen molar-refractivity contribution in [2.24, 2.45) is 0 Å². The summed E-state index contributed by atoms with van der Waals surface area (Å²) in [6.07, 6.45) is 1.26. The third kappa shape index (κ3) is 3.85. The molecule has 0 bridgehead atoms. The van der Waals surface area contributed by atoms with Crippen molar-refractivity contribution < 1.29 is 8.42 Å². The van der Waals surface area contributed by atoms with Crippen molar-refractivity contribution in [3.8, 4) is 0 Å². The standard InChI is InChI=1S/C10H19N5O2S2/c1-3-11-10-9(12-13-18-10)8-14-4-6-15(7-5-14)19(2,16)17/h11H,3-8H2,1-2H3. The third-order valence-corrected chi connectivity index (χ3v) is 5.10. The van der Waals surface area contributed by atoms with E-state index in [-0.39, 0.29) is 0 Å². The molecule has 1 saturated heterocycles. The van der Waals surface area contributed by atoms with Crippen LogP contribution >= 0.6 is 11.5 Å². The molecule has 19 heavy (non-hydrogen) atoms. The zero-order chi connectivity index (χ0) is 13.9. The monoisotopic (exact) mass is 305 g/mol. The van der Waals surface area contributed by atoms with E-state index < -0.39 is 10.0 Å². The van der Waals surface area contributed by atoms with E-state index in [1.54, 1.807) is 0 Å². The smallest absolute Gasteiger partial charge is 0.211 e. The minimum atomic E-state index is -3.06. The molecular formula is C10H19N5O2S2. The topological polar surface area (TPSA) is 78.4 Å². The third-order valence-electron chi connectivity index (χ3n) is 3.07. The van der Waals surface area contributed by atoms with Gasteiger partial charge in [0.15, 0.2) is 0 Å². The van der Waals surface area contributed by atoms with Crippen molar-refractivity contribution in [2.75, 3.05) is 44.3 Å². The summed E-state index contributed by atoms with van der Waals surface area (Å²) in [7, 11) is -3.06. The van der Waals surface area contributed by atoms with Crippen LogP contribution in [0.4, 0.5) is 5.00 Å². The van der Waals surface area contributed by atoms with E-state index in [1.165, 1.54) is 22.1 Å². The number of hydrogen-bond acceptors (Lipinski definition) is 7. The highest BCUT2D eigenvalue weighted by molar-refractivity contribution is 7.88. The van der Waals surface area contributed by atoms with Crippen molar-refractivity contribution in [3.05, 3.63) is 5.69 Å². The van der Waals surface area contributed by atoms with E-state index >= 15 is 0 Å². The lowest BCUT2D eigenvalue weighted by molar-refractivity contribution is 0.180. The first kappa shape index (κ1) is 14.6. The maximum absolute atomic E-state index is 11.4. The van der Waals surface area contributed by atoms with E-state index in [9.17, 15) is 8.42 Å². The number of aromatic nitrogens is 2. The van der Waals surface area contributed by atoms with Gasteiger partial charge in [-0.3, -0.25) is 4.90 Å². The molecule has 0 saturated carbocycles. The van der Waals surface area contributed by atoms with Crippen LogP contribution in [0.25, 0.3) is 0 Å². The molecule has 2 rings (SSSR count). The van der Waals surface area contributed by atoms with Gasteiger partial charge >= 0.3 is 0 Å². The molecular weight excluding hydrogens is 286 g/mol. The molecule has 0 radical (unpaired) electrons. The summed E-state index contributed by atoms with van der Waals surface area (Å²) < 4.78 is 28.3. The fraction of sp³-hybridized carbons (Fsp3) is 0.800. The second-order valence-electron chi connectivity index (χ2n) is 4.52. The molecule has 1 aliphatic rings.